The summed E-state index contributed by atoms with van der Waals surface area (Å²) in [6.07, 6.45) is 0. The summed E-state index contributed by atoms with van der Waals surface area (Å²) in [6, 6.07) is 23.7. The van der Waals surface area contributed by atoms with Gasteiger partial charge in [0.25, 0.3) is 10.0 Å². The quantitative estimate of drug-likeness (QED) is 0.597. The van der Waals surface area contributed by atoms with Crippen LogP contribution in [0.3, 0.4) is 0 Å². The van der Waals surface area contributed by atoms with E-state index >= 15 is 0 Å². The van der Waals surface area contributed by atoms with Crippen molar-refractivity contribution in [3.63, 3.8) is 0 Å². The molecule has 0 spiro atoms. The minimum Gasteiger partial charge on any atom is -0.497 e. The molecule has 0 aliphatic heterocycles. The normalized spacial score (nSPS) is 11.0. The summed E-state index contributed by atoms with van der Waals surface area (Å²) < 4.78 is 32.9. The Morgan fingerprint density at radius 2 is 1.38 bits per heavy atom. The Hall–Kier alpha value is -3.32. The van der Waals surface area contributed by atoms with E-state index in [1.165, 1.54) is 24.1 Å². The smallest absolute Gasteiger partial charge is 0.264 e. The SMILES string of the molecule is COc1ccc(N(CC(=O)N(C)c2ccccc2)S(=O)(=O)c2ccccc2)cc1. The standard InChI is InChI=1S/C22H22N2O4S/c1-23(18-9-5-3-6-10-18)22(25)17-24(19-13-15-20(28-2)16-14-19)29(26,27)21-11-7-4-8-12-21/h3-16H,17H2,1-2H3. The van der Waals surface area contributed by atoms with Gasteiger partial charge in [-0.25, -0.2) is 8.42 Å². The van der Waals surface area contributed by atoms with Crippen molar-refractivity contribution in [3.8, 4) is 5.75 Å². The van der Waals surface area contributed by atoms with E-state index in [1.807, 2.05) is 18.2 Å². The molecule has 3 aromatic rings. The summed E-state index contributed by atoms with van der Waals surface area (Å²) in [5.74, 6) is 0.241. The van der Waals surface area contributed by atoms with Crippen molar-refractivity contribution < 1.29 is 17.9 Å². The number of likely N-dealkylation sites (N-methyl/N-ethyl adjacent to an activating group) is 1. The van der Waals surface area contributed by atoms with Crippen LogP contribution >= 0.6 is 0 Å². The number of benzene rings is 3. The molecule has 0 bridgehead atoms. The van der Waals surface area contributed by atoms with E-state index in [-0.39, 0.29) is 17.3 Å². The van der Waals surface area contributed by atoms with E-state index in [0.29, 0.717) is 17.1 Å². The summed E-state index contributed by atoms with van der Waals surface area (Å²) in [6.45, 7) is -0.338. The van der Waals surface area contributed by atoms with Crippen LogP contribution in [-0.4, -0.2) is 35.0 Å². The number of anilines is 2. The monoisotopic (exact) mass is 410 g/mol. The number of hydrogen-bond acceptors (Lipinski definition) is 4. The van der Waals surface area contributed by atoms with Gasteiger partial charge in [0.2, 0.25) is 5.91 Å². The molecule has 0 fully saturated rings. The first kappa shape index (κ1) is 20.4. The lowest BCUT2D eigenvalue weighted by molar-refractivity contribution is -0.116. The van der Waals surface area contributed by atoms with Crippen LogP contribution in [0.2, 0.25) is 0 Å². The predicted molar refractivity (Wildman–Crippen MR) is 114 cm³/mol. The Kier molecular flexibility index (Phi) is 6.19. The molecule has 6 nitrogen and oxygen atoms in total. The van der Waals surface area contributed by atoms with Crippen LogP contribution in [0.1, 0.15) is 0 Å². The largest absolute Gasteiger partial charge is 0.497 e. The van der Waals surface area contributed by atoms with Crippen molar-refractivity contribution in [1.82, 2.24) is 0 Å². The molecular formula is C22H22N2O4S. The maximum absolute atomic E-state index is 13.3. The number of methoxy groups -OCH3 is 1. The first-order valence-corrected chi connectivity index (χ1v) is 10.4. The molecule has 0 unspecified atom stereocenters. The molecule has 0 saturated heterocycles. The molecule has 3 aromatic carbocycles. The predicted octanol–water partition coefficient (Wildman–Crippen LogP) is 3.55. The van der Waals surface area contributed by atoms with E-state index in [0.717, 1.165) is 4.31 Å². The van der Waals surface area contributed by atoms with Gasteiger partial charge < -0.3 is 9.64 Å². The van der Waals surface area contributed by atoms with Gasteiger partial charge in [-0.3, -0.25) is 9.10 Å². The van der Waals surface area contributed by atoms with E-state index in [4.69, 9.17) is 4.74 Å². The van der Waals surface area contributed by atoms with Gasteiger partial charge >= 0.3 is 0 Å². The van der Waals surface area contributed by atoms with Crippen LogP contribution in [0.15, 0.2) is 89.8 Å². The molecule has 0 atom stereocenters. The number of ether oxygens (including phenoxy) is 1. The van der Waals surface area contributed by atoms with Gasteiger partial charge in [0, 0.05) is 12.7 Å². The van der Waals surface area contributed by atoms with Crippen molar-refractivity contribution in [2.24, 2.45) is 0 Å². The first-order chi connectivity index (χ1) is 13.9. The van der Waals surface area contributed by atoms with Gasteiger partial charge in [0.05, 0.1) is 17.7 Å². The zero-order valence-electron chi connectivity index (χ0n) is 16.2. The zero-order valence-corrected chi connectivity index (χ0v) is 17.0. The number of hydrogen-bond donors (Lipinski definition) is 0. The fraction of sp³-hybridized carbons (Fsp3) is 0.136. The minimum atomic E-state index is -3.94. The fourth-order valence-electron chi connectivity index (χ4n) is 2.81. The van der Waals surface area contributed by atoms with Crippen molar-refractivity contribution in [2.45, 2.75) is 4.90 Å². The van der Waals surface area contributed by atoms with Crippen LogP contribution < -0.4 is 13.9 Å². The molecule has 0 aromatic heterocycles. The molecule has 0 aliphatic carbocycles. The molecule has 0 radical (unpaired) electrons. The van der Waals surface area contributed by atoms with Crippen LogP contribution in [0.5, 0.6) is 5.75 Å². The van der Waals surface area contributed by atoms with Crippen molar-refractivity contribution in [2.75, 3.05) is 29.9 Å². The summed E-state index contributed by atoms with van der Waals surface area (Å²) in [5.41, 5.74) is 1.06. The van der Waals surface area contributed by atoms with Gasteiger partial charge in [-0.1, -0.05) is 36.4 Å². The third-order valence-electron chi connectivity index (χ3n) is 4.49. The van der Waals surface area contributed by atoms with Crippen molar-refractivity contribution >= 4 is 27.3 Å². The maximum Gasteiger partial charge on any atom is 0.264 e. The van der Waals surface area contributed by atoms with Crippen molar-refractivity contribution in [1.29, 1.82) is 0 Å². The van der Waals surface area contributed by atoms with E-state index in [1.54, 1.807) is 61.6 Å². The topological polar surface area (TPSA) is 66.9 Å². The molecule has 0 N–H and O–H groups in total. The summed E-state index contributed by atoms with van der Waals surface area (Å²) >= 11 is 0. The second-order valence-electron chi connectivity index (χ2n) is 6.31. The summed E-state index contributed by atoms with van der Waals surface area (Å²) in [7, 11) is -0.782. The van der Waals surface area contributed by atoms with Crippen LogP contribution in [-0.2, 0) is 14.8 Å². The van der Waals surface area contributed by atoms with E-state index in [9.17, 15) is 13.2 Å². The average Bonchev–Trinajstić information content (AvgIpc) is 2.78. The van der Waals surface area contributed by atoms with Gasteiger partial charge in [-0.15, -0.1) is 0 Å². The number of amides is 1. The number of nitrogens with zero attached hydrogens (tertiary/aromatic N) is 2. The Morgan fingerprint density at radius 1 is 0.828 bits per heavy atom. The van der Waals surface area contributed by atoms with Gasteiger partial charge in [0.1, 0.15) is 12.3 Å². The zero-order chi connectivity index (χ0) is 20.9. The number of para-hydroxylation sites is 1. The minimum absolute atomic E-state index is 0.117. The van der Waals surface area contributed by atoms with E-state index < -0.39 is 10.0 Å². The highest BCUT2D eigenvalue weighted by Crippen LogP contribution is 2.26. The second kappa shape index (κ2) is 8.79. The number of sulfonamides is 1. The molecule has 29 heavy (non-hydrogen) atoms. The molecule has 1 amide bonds. The summed E-state index contributed by atoms with van der Waals surface area (Å²) in [5, 5.41) is 0. The Morgan fingerprint density at radius 3 is 1.93 bits per heavy atom. The van der Waals surface area contributed by atoms with Gasteiger partial charge in [0.15, 0.2) is 0 Å². The highest BCUT2D eigenvalue weighted by atomic mass is 32.2. The average molecular weight is 410 g/mol. The maximum atomic E-state index is 13.3. The van der Waals surface area contributed by atoms with Crippen LogP contribution in [0.25, 0.3) is 0 Å². The molecule has 0 aliphatic rings. The lowest BCUT2D eigenvalue weighted by Crippen LogP contribution is -2.41. The highest BCUT2D eigenvalue weighted by Gasteiger charge is 2.28. The lowest BCUT2D eigenvalue weighted by atomic mass is 10.3. The Labute approximate surface area is 171 Å². The first-order valence-electron chi connectivity index (χ1n) is 8.97. The second-order valence-corrected chi connectivity index (χ2v) is 8.17. The molecule has 150 valence electrons. The highest BCUT2D eigenvalue weighted by molar-refractivity contribution is 7.92. The molecule has 0 saturated carbocycles. The number of rotatable bonds is 7. The van der Waals surface area contributed by atoms with Gasteiger partial charge in [-0.2, -0.15) is 0 Å². The van der Waals surface area contributed by atoms with E-state index in [2.05, 4.69) is 0 Å². The third-order valence-corrected chi connectivity index (χ3v) is 6.28. The van der Waals surface area contributed by atoms with Crippen LogP contribution in [0.4, 0.5) is 11.4 Å². The Balaban J connectivity index is 1.97. The van der Waals surface area contributed by atoms with Crippen LogP contribution in [0, 0.1) is 0 Å². The molecule has 0 heterocycles. The Bertz CT molecular complexity index is 1050. The summed E-state index contributed by atoms with van der Waals surface area (Å²) in [4.78, 5) is 14.5. The molecule has 3 rings (SSSR count). The van der Waals surface area contributed by atoms with Crippen molar-refractivity contribution in [3.05, 3.63) is 84.9 Å². The molecular weight excluding hydrogens is 388 g/mol. The van der Waals surface area contributed by atoms with Gasteiger partial charge in [-0.05, 0) is 48.5 Å². The number of carbonyl (C=O) groups excluding carboxylic acids is 1. The number of carbonyl (C=O) groups is 1. The third kappa shape index (κ3) is 4.57. The fourth-order valence-corrected chi connectivity index (χ4v) is 4.24. The molecule has 7 heteroatoms. The lowest BCUT2D eigenvalue weighted by Gasteiger charge is -2.27.